The van der Waals surface area contributed by atoms with Crippen LogP contribution in [0, 0.1) is 6.92 Å². The number of anilines is 1. The molecule has 9 heteroatoms. The van der Waals surface area contributed by atoms with Gasteiger partial charge in [-0.2, -0.15) is 0 Å². The molecule has 8 nitrogen and oxygen atoms in total. The predicted molar refractivity (Wildman–Crippen MR) is 145 cm³/mol. The van der Waals surface area contributed by atoms with Crippen LogP contribution in [0.1, 0.15) is 52.0 Å². The molecule has 1 aromatic heterocycles. The number of hydrogen-bond acceptors (Lipinski definition) is 6. The fourth-order valence-electron chi connectivity index (χ4n) is 5.38. The highest BCUT2D eigenvalue weighted by Crippen LogP contribution is 2.45. The molecular weight excluding hydrogens is 504 g/mol. The van der Waals surface area contributed by atoms with Crippen LogP contribution in [0.25, 0.3) is 10.9 Å². The number of fused-ring (bicyclic) bond motifs is 1. The molecule has 3 heterocycles. The van der Waals surface area contributed by atoms with Crippen LogP contribution < -0.4 is 10.5 Å². The lowest BCUT2D eigenvalue weighted by molar-refractivity contribution is -0.122. The summed E-state index contributed by atoms with van der Waals surface area (Å²) in [4.78, 5) is 52.0. The summed E-state index contributed by atoms with van der Waals surface area (Å²) < 4.78 is 6.24. The van der Waals surface area contributed by atoms with Gasteiger partial charge in [0.1, 0.15) is 0 Å². The van der Waals surface area contributed by atoms with Crippen molar-refractivity contribution >= 4 is 46.3 Å². The average molecular weight is 527 g/mol. The van der Waals surface area contributed by atoms with Gasteiger partial charge in [-0.3, -0.25) is 19.1 Å². The number of benzene rings is 3. The Hall–Kier alpha value is -4.30. The maximum atomic E-state index is 14.4. The van der Waals surface area contributed by atoms with Gasteiger partial charge in [0.2, 0.25) is 12.0 Å². The molecule has 0 bridgehead atoms. The molecule has 0 aliphatic carbocycles. The van der Waals surface area contributed by atoms with Crippen LogP contribution in [0.2, 0.25) is 5.02 Å². The Bertz CT molecular complexity index is 1710. The van der Waals surface area contributed by atoms with Gasteiger partial charge in [0.15, 0.2) is 0 Å². The Kier molecular flexibility index (Phi) is 5.84. The molecule has 0 saturated carbocycles. The summed E-state index contributed by atoms with van der Waals surface area (Å²) in [5.74, 6) is -1.58. The third kappa shape index (κ3) is 3.71. The first-order chi connectivity index (χ1) is 18.4. The zero-order valence-corrected chi connectivity index (χ0v) is 21.5. The number of rotatable bonds is 4. The molecule has 190 valence electrons. The zero-order chi connectivity index (χ0) is 26.6. The van der Waals surface area contributed by atoms with Crippen LogP contribution in [0.3, 0.4) is 0 Å². The highest BCUT2D eigenvalue weighted by molar-refractivity contribution is 6.35. The first-order valence-corrected chi connectivity index (χ1v) is 12.7. The fourth-order valence-corrected chi connectivity index (χ4v) is 5.63. The number of halogens is 1. The lowest BCUT2D eigenvalue weighted by atomic mass is 10.0. The van der Waals surface area contributed by atoms with Crippen molar-refractivity contribution in [3.8, 4) is 0 Å². The topological polar surface area (TPSA) is 93.9 Å². The van der Waals surface area contributed by atoms with Gasteiger partial charge in [-0.1, -0.05) is 59.6 Å². The quantitative estimate of drug-likeness (QED) is 0.356. The molecular formula is C29H23ClN4O4. The van der Waals surface area contributed by atoms with E-state index in [2.05, 4.69) is 16.0 Å². The molecule has 0 fully saturated rings. The number of esters is 1. The molecule has 1 amide bonds. The summed E-state index contributed by atoms with van der Waals surface area (Å²) in [6.45, 7) is 3.72. The largest absolute Gasteiger partial charge is 0.460 e. The van der Waals surface area contributed by atoms with Crippen LogP contribution in [0.4, 0.5) is 5.69 Å². The first-order valence-electron chi connectivity index (χ1n) is 12.3. The van der Waals surface area contributed by atoms with Crippen molar-refractivity contribution in [3.63, 3.8) is 0 Å². The van der Waals surface area contributed by atoms with Crippen molar-refractivity contribution in [2.75, 3.05) is 11.5 Å². The molecule has 0 saturated heterocycles. The van der Waals surface area contributed by atoms with E-state index in [1.807, 2.05) is 43.3 Å². The summed E-state index contributed by atoms with van der Waals surface area (Å²) in [6, 6.07) is 18.3. The number of aryl methyl sites for hydroxylation is 1. The van der Waals surface area contributed by atoms with Gasteiger partial charge in [0.05, 0.1) is 34.3 Å². The fraction of sp³-hybridized carbons (Fsp3) is 0.207. The molecule has 2 aliphatic heterocycles. The van der Waals surface area contributed by atoms with Crippen LogP contribution >= 0.6 is 11.6 Å². The van der Waals surface area contributed by atoms with Crippen molar-refractivity contribution in [3.05, 3.63) is 104 Å². The van der Waals surface area contributed by atoms with Crippen molar-refractivity contribution in [1.82, 2.24) is 9.55 Å². The third-order valence-electron chi connectivity index (χ3n) is 6.91. The summed E-state index contributed by atoms with van der Waals surface area (Å²) in [6.07, 6.45) is 0.821. The van der Waals surface area contributed by atoms with Crippen LogP contribution in [-0.4, -0.2) is 34.2 Å². The molecule has 2 atom stereocenters. The Balaban J connectivity index is 1.60. The summed E-state index contributed by atoms with van der Waals surface area (Å²) >= 11 is 6.39. The van der Waals surface area contributed by atoms with Gasteiger partial charge in [0, 0.05) is 11.8 Å². The molecule has 0 N–H and O–H groups in total. The molecule has 2 unspecified atom stereocenters. The van der Waals surface area contributed by atoms with E-state index in [9.17, 15) is 14.4 Å². The van der Waals surface area contributed by atoms with Crippen molar-refractivity contribution in [2.24, 2.45) is 4.99 Å². The number of carbonyl (C=O) groups excluding carboxylic acids is 2. The first kappa shape index (κ1) is 24.1. The summed E-state index contributed by atoms with van der Waals surface area (Å²) in [5.41, 5.74) is 4.14. The van der Waals surface area contributed by atoms with E-state index in [1.165, 1.54) is 0 Å². The minimum atomic E-state index is -1.39. The van der Waals surface area contributed by atoms with Crippen LogP contribution in [-0.2, 0) is 16.0 Å². The van der Waals surface area contributed by atoms with E-state index in [4.69, 9.17) is 16.3 Å². The number of ether oxygens (including phenoxy) is 1. The SMILES string of the molecule is CCOC(=O)c1nc2cccc(Cl)c2c(=O)n1C1N=Cc2cc(C)cc3c2N(C1=O)C(c1ccccc1)C3. The number of amides is 1. The smallest absolute Gasteiger partial charge is 0.374 e. The number of aliphatic imine (C=N–C) groups is 1. The van der Waals surface area contributed by atoms with Gasteiger partial charge < -0.3 is 9.64 Å². The van der Waals surface area contributed by atoms with Gasteiger partial charge in [-0.05, 0) is 49.6 Å². The Morgan fingerprint density at radius 2 is 1.89 bits per heavy atom. The Morgan fingerprint density at radius 3 is 2.66 bits per heavy atom. The molecule has 0 radical (unpaired) electrons. The number of aromatic nitrogens is 2. The highest BCUT2D eigenvalue weighted by atomic mass is 35.5. The number of nitrogens with zero attached hydrogens (tertiary/aromatic N) is 4. The minimum Gasteiger partial charge on any atom is -0.460 e. The molecule has 38 heavy (non-hydrogen) atoms. The molecule has 6 rings (SSSR count). The van der Waals surface area contributed by atoms with Crippen LogP contribution in [0.5, 0.6) is 0 Å². The second-order valence-electron chi connectivity index (χ2n) is 9.32. The molecule has 3 aromatic carbocycles. The lowest BCUT2D eigenvalue weighted by Crippen LogP contribution is -2.42. The van der Waals surface area contributed by atoms with E-state index in [0.717, 1.165) is 32.5 Å². The van der Waals surface area contributed by atoms with Gasteiger partial charge in [-0.25, -0.2) is 9.78 Å². The normalized spacial score (nSPS) is 18.0. The lowest BCUT2D eigenvalue weighted by Gasteiger charge is -2.29. The third-order valence-corrected chi connectivity index (χ3v) is 7.22. The van der Waals surface area contributed by atoms with Gasteiger partial charge >= 0.3 is 5.97 Å². The molecule has 2 aliphatic rings. The number of carbonyl (C=O) groups is 2. The number of hydrogen-bond donors (Lipinski definition) is 0. The van der Waals surface area contributed by atoms with E-state index in [0.29, 0.717) is 6.42 Å². The van der Waals surface area contributed by atoms with Crippen molar-refractivity contribution in [1.29, 1.82) is 0 Å². The second kappa shape index (κ2) is 9.22. The van der Waals surface area contributed by atoms with E-state index in [1.54, 1.807) is 36.2 Å². The predicted octanol–water partition coefficient (Wildman–Crippen LogP) is 4.80. The average Bonchev–Trinajstić information content (AvgIpc) is 3.22. The zero-order valence-electron chi connectivity index (χ0n) is 20.7. The van der Waals surface area contributed by atoms with Crippen molar-refractivity contribution in [2.45, 2.75) is 32.5 Å². The second-order valence-corrected chi connectivity index (χ2v) is 9.72. The standard InChI is InChI=1S/C29H23ClN4O4/c1-3-38-29(37)26-32-21-11-7-10-20(30)23(21)27(35)34(26)25-28(36)33-22(17-8-5-4-6-9-17)14-18-12-16(2)13-19(15-31-25)24(18)33/h4-13,15,22,25H,3,14H2,1-2H3. The summed E-state index contributed by atoms with van der Waals surface area (Å²) in [7, 11) is 0. The molecule has 4 aromatic rings. The molecule has 0 spiro atoms. The maximum absolute atomic E-state index is 14.4. The van der Waals surface area contributed by atoms with E-state index >= 15 is 0 Å². The maximum Gasteiger partial charge on any atom is 0.374 e. The summed E-state index contributed by atoms with van der Waals surface area (Å²) in [5, 5.41) is 0.267. The Morgan fingerprint density at radius 1 is 1.11 bits per heavy atom. The van der Waals surface area contributed by atoms with E-state index in [-0.39, 0.29) is 34.4 Å². The monoisotopic (exact) mass is 526 g/mol. The van der Waals surface area contributed by atoms with Crippen molar-refractivity contribution < 1.29 is 14.3 Å². The minimum absolute atomic E-state index is 0.0699. The van der Waals surface area contributed by atoms with Gasteiger partial charge in [-0.15, -0.1) is 0 Å². The highest BCUT2D eigenvalue weighted by Gasteiger charge is 2.42. The van der Waals surface area contributed by atoms with E-state index < -0.39 is 23.6 Å². The van der Waals surface area contributed by atoms with Gasteiger partial charge in [0.25, 0.3) is 11.5 Å². The Labute approximate surface area is 223 Å². The van der Waals surface area contributed by atoms with Crippen LogP contribution in [0.15, 0.2) is 70.5 Å².